The van der Waals surface area contributed by atoms with Crippen molar-refractivity contribution in [3.05, 3.63) is 41.2 Å². The van der Waals surface area contributed by atoms with Crippen LogP contribution in [0.15, 0.2) is 24.3 Å². The van der Waals surface area contributed by atoms with Crippen LogP contribution in [-0.4, -0.2) is 24.5 Å². The van der Waals surface area contributed by atoms with Crippen molar-refractivity contribution in [1.82, 2.24) is 10.2 Å². The summed E-state index contributed by atoms with van der Waals surface area (Å²) in [4.78, 5) is 12.2. The van der Waals surface area contributed by atoms with Gasteiger partial charge in [-0.2, -0.15) is 13.5 Å². The predicted molar refractivity (Wildman–Crippen MR) is 79.2 cm³/mol. The number of hydrogen-bond acceptors (Lipinski definition) is 4. The van der Waals surface area contributed by atoms with Gasteiger partial charge in [-0.1, -0.05) is 6.07 Å². The standard InChI is InChI=1S/C12H15N5O3S/c1-7-11(8(2)16-15-7)12(18)14-9-4-3-5-10(6-9)17-21(13,19)20/h3-6,17H,1-2H3,(H,14,18)(H,15,16)(H2,13,19,20). The van der Waals surface area contributed by atoms with Gasteiger partial charge in [-0.15, -0.1) is 0 Å². The van der Waals surface area contributed by atoms with Gasteiger partial charge in [0.25, 0.3) is 16.1 Å². The van der Waals surface area contributed by atoms with Gasteiger partial charge >= 0.3 is 0 Å². The molecule has 2 aromatic rings. The summed E-state index contributed by atoms with van der Waals surface area (Å²) in [6.45, 7) is 3.46. The summed E-state index contributed by atoms with van der Waals surface area (Å²) in [6, 6.07) is 6.22. The first-order chi connectivity index (χ1) is 9.76. The van der Waals surface area contributed by atoms with E-state index in [1.165, 1.54) is 12.1 Å². The van der Waals surface area contributed by atoms with Crippen molar-refractivity contribution in [2.24, 2.45) is 5.14 Å². The maximum atomic E-state index is 12.2. The number of aromatic nitrogens is 2. The maximum Gasteiger partial charge on any atom is 0.296 e. The zero-order chi connectivity index (χ0) is 15.6. The minimum Gasteiger partial charge on any atom is -0.322 e. The first-order valence-electron chi connectivity index (χ1n) is 6.00. The topological polar surface area (TPSA) is 130 Å². The quantitative estimate of drug-likeness (QED) is 0.668. The van der Waals surface area contributed by atoms with E-state index in [4.69, 9.17) is 5.14 Å². The second-order valence-corrected chi connectivity index (χ2v) is 5.79. The number of rotatable bonds is 4. The average molecular weight is 309 g/mol. The van der Waals surface area contributed by atoms with Crippen LogP contribution in [0, 0.1) is 13.8 Å². The molecule has 2 rings (SSSR count). The summed E-state index contributed by atoms with van der Waals surface area (Å²) in [6.07, 6.45) is 0. The van der Waals surface area contributed by atoms with Crippen LogP contribution in [-0.2, 0) is 10.2 Å². The van der Waals surface area contributed by atoms with Gasteiger partial charge in [0.2, 0.25) is 0 Å². The molecule has 0 aliphatic carbocycles. The highest BCUT2D eigenvalue weighted by Gasteiger charge is 2.15. The molecule has 0 saturated carbocycles. The van der Waals surface area contributed by atoms with Crippen LogP contribution in [0.4, 0.5) is 11.4 Å². The highest BCUT2D eigenvalue weighted by atomic mass is 32.2. The van der Waals surface area contributed by atoms with E-state index >= 15 is 0 Å². The molecular formula is C12H15N5O3S. The van der Waals surface area contributed by atoms with Crippen molar-refractivity contribution in [2.75, 3.05) is 10.0 Å². The molecule has 8 nitrogen and oxygen atoms in total. The molecule has 0 fully saturated rings. The molecule has 0 aliphatic rings. The zero-order valence-electron chi connectivity index (χ0n) is 11.5. The molecule has 1 heterocycles. The smallest absolute Gasteiger partial charge is 0.296 e. The normalized spacial score (nSPS) is 11.2. The summed E-state index contributed by atoms with van der Waals surface area (Å²) in [5, 5.41) is 14.3. The van der Waals surface area contributed by atoms with E-state index in [9.17, 15) is 13.2 Å². The lowest BCUT2D eigenvalue weighted by Gasteiger charge is -2.08. The van der Waals surface area contributed by atoms with Crippen LogP contribution in [0.5, 0.6) is 0 Å². The number of aromatic amines is 1. The number of carbonyl (C=O) groups is 1. The van der Waals surface area contributed by atoms with E-state index in [-0.39, 0.29) is 11.6 Å². The molecular weight excluding hydrogens is 294 g/mol. The minimum atomic E-state index is -3.86. The third kappa shape index (κ3) is 3.80. The van der Waals surface area contributed by atoms with Crippen LogP contribution < -0.4 is 15.2 Å². The number of amides is 1. The molecule has 112 valence electrons. The Hall–Kier alpha value is -2.39. The van der Waals surface area contributed by atoms with E-state index in [1.807, 2.05) is 0 Å². The maximum absolute atomic E-state index is 12.2. The van der Waals surface area contributed by atoms with Gasteiger partial charge in [-0.05, 0) is 32.0 Å². The van der Waals surface area contributed by atoms with Crippen LogP contribution in [0.1, 0.15) is 21.7 Å². The molecule has 0 bridgehead atoms. The van der Waals surface area contributed by atoms with E-state index in [0.29, 0.717) is 22.6 Å². The van der Waals surface area contributed by atoms with Crippen LogP contribution >= 0.6 is 0 Å². The first-order valence-corrected chi connectivity index (χ1v) is 7.54. The Bertz CT molecular complexity index is 762. The lowest BCUT2D eigenvalue weighted by Crippen LogP contribution is -2.21. The summed E-state index contributed by atoms with van der Waals surface area (Å²) in [5.74, 6) is -0.327. The molecule has 0 radical (unpaired) electrons. The summed E-state index contributed by atoms with van der Waals surface area (Å²) >= 11 is 0. The van der Waals surface area contributed by atoms with Gasteiger partial charge in [-0.25, -0.2) is 5.14 Å². The minimum absolute atomic E-state index is 0.260. The second-order valence-electron chi connectivity index (χ2n) is 4.49. The first kappa shape index (κ1) is 15.0. The van der Waals surface area contributed by atoms with Gasteiger partial charge < -0.3 is 5.32 Å². The van der Waals surface area contributed by atoms with Gasteiger partial charge in [-0.3, -0.25) is 14.6 Å². The van der Waals surface area contributed by atoms with Gasteiger partial charge in [0, 0.05) is 11.4 Å². The molecule has 0 atom stereocenters. The number of nitrogens with two attached hydrogens (primary N) is 1. The van der Waals surface area contributed by atoms with Crippen LogP contribution in [0.2, 0.25) is 0 Å². The third-order valence-electron chi connectivity index (χ3n) is 2.74. The summed E-state index contributed by atoms with van der Waals surface area (Å²) in [5.41, 5.74) is 2.40. The Labute approximate surface area is 121 Å². The zero-order valence-corrected chi connectivity index (χ0v) is 12.3. The van der Waals surface area contributed by atoms with Crippen molar-refractivity contribution in [1.29, 1.82) is 0 Å². The number of nitrogens with zero attached hydrogens (tertiary/aromatic N) is 1. The van der Waals surface area contributed by atoms with Gasteiger partial charge in [0.15, 0.2) is 0 Å². The van der Waals surface area contributed by atoms with Crippen molar-refractivity contribution in [3.63, 3.8) is 0 Å². The Kier molecular flexibility index (Phi) is 3.96. The molecule has 5 N–H and O–H groups in total. The number of hydrogen-bond donors (Lipinski definition) is 4. The molecule has 21 heavy (non-hydrogen) atoms. The highest BCUT2D eigenvalue weighted by molar-refractivity contribution is 7.90. The molecule has 0 unspecified atom stereocenters. The largest absolute Gasteiger partial charge is 0.322 e. The molecule has 0 saturated heterocycles. The summed E-state index contributed by atoms with van der Waals surface area (Å²) in [7, 11) is -3.86. The lowest BCUT2D eigenvalue weighted by molar-refractivity contribution is 0.102. The molecule has 1 aromatic heterocycles. The van der Waals surface area contributed by atoms with Crippen molar-refractivity contribution < 1.29 is 13.2 Å². The van der Waals surface area contributed by atoms with E-state index in [0.717, 1.165) is 0 Å². The number of aryl methyl sites for hydroxylation is 2. The van der Waals surface area contributed by atoms with Gasteiger partial charge in [0.05, 0.1) is 16.9 Å². The molecule has 1 amide bonds. The Morgan fingerprint density at radius 2 is 1.95 bits per heavy atom. The molecule has 0 aliphatic heterocycles. The number of benzene rings is 1. The second kappa shape index (κ2) is 5.54. The Balaban J connectivity index is 2.21. The number of carbonyl (C=O) groups excluding carboxylic acids is 1. The Morgan fingerprint density at radius 1 is 1.29 bits per heavy atom. The van der Waals surface area contributed by atoms with Crippen molar-refractivity contribution >= 4 is 27.5 Å². The van der Waals surface area contributed by atoms with E-state index in [1.54, 1.807) is 26.0 Å². The fourth-order valence-electron chi connectivity index (χ4n) is 1.90. The number of anilines is 2. The fourth-order valence-corrected chi connectivity index (χ4v) is 2.36. The average Bonchev–Trinajstić information content (AvgIpc) is 2.67. The van der Waals surface area contributed by atoms with Crippen LogP contribution in [0.25, 0.3) is 0 Å². The van der Waals surface area contributed by atoms with Gasteiger partial charge in [0.1, 0.15) is 0 Å². The molecule has 0 spiro atoms. The predicted octanol–water partition coefficient (Wildman–Crippen LogP) is 0.894. The van der Waals surface area contributed by atoms with Crippen LogP contribution in [0.3, 0.4) is 0 Å². The Morgan fingerprint density at radius 3 is 2.52 bits per heavy atom. The molecule has 1 aromatic carbocycles. The molecule has 9 heteroatoms. The third-order valence-corrected chi connectivity index (χ3v) is 3.26. The van der Waals surface area contributed by atoms with E-state index < -0.39 is 10.2 Å². The monoisotopic (exact) mass is 309 g/mol. The van der Waals surface area contributed by atoms with Crippen molar-refractivity contribution in [2.45, 2.75) is 13.8 Å². The fraction of sp³-hybridized carbons (Fsp3) is 0.167. The number of H-pyrrole nitrogens is 1. The van der Waals surface area contributed by atoms with Crippen molar-refractivity contribution in [3.8, 4) is 0 Å². The van der Waals surface area contributed by atoms with E-state index in [2.05, 4.69) is 20.2 Å². The summed E-state index contributed by atoms with van der Waals surface area (Å²) < 4.78 is 24.1. The SMILES string of the molecule is Cc1n[nH]c(C)c1C(=O)Nc1cccc(NS(N)(=O)=O)c1. The number of nitrogens with one attached hydrogen (secondary N) is 3. The highest BCUT2D eigenvalue weighted by Crippen LogP contribution is 2.18. The lowest BCUT2D eigenvalue weighted by atomic mass is 10.2.